The van der Waals surface area contributed by atoms with Crippen LogP contribution in [0.4, 0.5) is 9.52 Å². The van der Waals surface area contributed by atoms with Crippen LogP contribution in [0, 0.1) is 19.7 Å². The molecule has 1 amide bonds. The van der Waals surface area contributed by atoms with Crippen molar-refractivity contribution < 1.29 is 9.18 Å². The molecular formula is C22H26FN3OS. The van der Waals surface area contributed by atoms with Crippen molar-refractivity contribution in [3.05, 3.63) is 58.9 Å². The molecule has 0 saturated heterocycles. The van der Waals surface area contributed by atoms with Crippen LogP contribution in [0.1, 0.15) is 35.3 Å². The molecule has 0 atom stereocenters. The van der Waals surface area contributed by atoms with Crippen molar-refractivity contribution in [2.75, 3.05) is 31.1 Å². The van der Waals surface area contributed by atoms with E-state index in [1.165, 1.54) is 34.6 Å². The van der Waals surface area contributed by atoms with Crippen molar-refractivity contribution in [1.82, 2.24) is 9.88 Å². The average Bonchev–Trinajstić information content (AvgIpc) is 3.08. The molecule has 1 heterocycles. The maximum atomic E-state index is 14.3. The normalized spacial score (nSPS) is 11.4. The number of hydrogen-bond donors (Lipinski definition) is 0. The second kappa shape index (κ2) is 8.80. The Kier molecular flexibility index (Phi) is 6.42. The van der Waals surface area contributed by atoms with E-state index in [1.807, 2.05) is 6.07 Å². The summed E-state index contributed by atoms with van der Waals surface area (Å²) in [7, 11) is 0. The van der Waals surface area contributed by atoms with E-state index in [-0.39, 0.29) is 11.5 Å². The van der Waals surface area contributed by atoms with Gasteiger partial charge in [-0.2, -0.15) is 0 Å². The number of amides is 1. The Labute approximate surface area is 169 Å². The van der Waals surface area contributed by atoms with Crippen LogP contribution in [0.25, 0.3) is 10.2 Å². The standard InChI is InChI=1S/C22H26FN3OS/c1-5-25(6-2)11-12-26(21(27)17-9-7-8-10-18(17)23)22-24-19-13-15(3)16(4)14-20(19)28-22/h7-10,13-14H,5-6,11-12H2,1-4H3. The van der Waals surface area contributed by atoms with Crippen LogP contribution >= 0.6 is 11.3 Å². The average molecular weight is 400 g/mol. The maximum absolute atomic E-state index is 14.3. The first kappa shape index (κ1) is 20.4. The van der Waals surface area contributed by atoms with Crippen LogP contribution in [-0.4, -0.2) is 42.0 Å². The minimum Gasteiger partial charge on any atom is -0.302 e. The molecular weight excluding hydrogens is 373 g/mol. The van der Waals surface area contributed by atoms with Crippen LogP contribution < -0.4 is 4.90 Å². The second-order valence-corrected chi connectivity index (χ2v) is 7.87. The third-order valence-electron chi connectivity index (χ3n) is 5.11. The fourth-order valence-electron chi connectivity index (χ4n) is 3.13. The van der Waals surface area contributed by atoms with Gasteiger partial charge < -0.3 is 4.90 Å². The van der Waals surface area contributed by atoms with Gasteiger partial charge in [-0.15, -0.1) is 0 Å². The molecule has 3 rings (SSSR count). The molecule has 6 heteroatoms. The summed E-state index contributed by atoms with van der Waals surface area (Å²) in [5.74, 6) is -0.856. The van der Waals surface area contributed by atoms with Crippen molar-refractivity contribution in [1.29, 1.82) is 0 Å². The van der Waals surface area contributed by atoms with Crippen molar-refractivity contribution in [3.63, 3.8) is 0 Å². The van der Waals surface area contributed by atoms with Crippen LogP contribution in [0.15, 0.2) is 36.4 Å². The summed E-state index contributed by atoms with van der Waals surface area (Å²) < 4.78 is 15.3. The van der Waals surface area contributed by atoms with Crippen LogP contribution in [0.5, 0.6) is 0 Å². The first-order valence-electron chi connectivity index (χ1n) is 9.61. The molecule has 2 aromatic carbocycles. The first-order valence-corrected chi connectivity index (χ1v) is 10.4. The summed E-state index contributed by atoms with van der Waals surface area (Å²) >= 11 is 1.48. The van der Waals surface area contributed by atoms with Gasteiger partial charge in [-0.05, 0) is 62.3 Å². The lowest BCUT2D eigenvalue weighted by molar-refractivity contribution is 0.0980. The van der Waals surface area contributed by atoms with Gasteiger partial charge in [-0.25, -0.2) is 9.37 Å². The van der Waals surface area contributed by atoms with Crippen LogP contribution in [0.2, 0.25) is 0 Å². The molecule has 148 valence electrons. The Morgan fingerprint density at radius 3 is 2.43 bits per heavy atom. The first-order chi connectivity index (χ1) is 13.4. The predicted octanol–water partition coefficient (Wildman–Crippen LogP) is 5.04. The number of thiazole rings is 1. The molecule has 0 aliphatic rings. The number of nitrogens with zero attached hydrogens (tertiary/aromatic N) is 3. The zero-order valence-corrected chi connectivity index (χ0v) is 17.6. The van der Waals surface area contributed by atoms with E-state index in [4.69, 9.17) is 4.98 Å². The molecule has 0 aliphatic heterocycles. The quantitative estimate of drug-likeness (QED) is 0.558. The van der Waals surface area contributed by atoms with Gasteiger partial charge in [0.2, 0.25) is 0 Å². The van der Waals surface area contributed by atoms with E-state index < -0.39 is 5.82 Å². The smallest absolute Gasteiger partial charge is 0.263 e. The molecule has 3 aromatic rings. The van der Waals surface area contributed by atoms with Gasteiger partial charge >= 0.3 is 0 Å². The number of hydrogen-bond acceptors (Lipinski definition) is 4. The van der Waals surface area contributed by atoms with Crippen LogP contribution in [0.3, 0.4) is 0 Å². The summed E-state index contributed by atoms with van der Waals surface area (Å²) in [6.45, 7) is 11.3. The third-order valence-corrected chi connectivity index (χ3v) is 6.15. The largest absolute Gasteiger partial charge is 0.302 e. The molecule has 0 unspecified atom stereocenters. The summed E-state index contributed by atoms with van der Waals surface area (Å²) in [4.78, 5) is 21.8. The van der Waals surface area contributed by atoms with Gasteiger partial charge in [0.1, 0.15) is 5.82 Å². The van der Waals surface area contributed by atoms with E-state index in [2.05, 4.69) is 38.7 Å². The fraction of sp³-hybridized carbons (Fsp3) is 0.364. The van der Waals surface area contributed by atoms with Crippen molar-refractivity contribution in [2.45, 2.75) is 27.7 Å². The topological polar surface area (TPSA) is 36.4 Å². The number of aromatic nitrogens is 1. The number of aryl methyl sites for hydroxylation is 2. The zero-order valence-electron chi connectivity index (χ0n) is 16.8. The molecule has 0 N–H and O–H groups in total. The lowest BCUT2D eigenvalue weighted by Gasteiger charge is -2.24. The summed E-state index contributed by atoms with van der Waals surface area (Å²) in [6.07, 6.45) is 0. The van der Waals surface area contributed by atoms with Crippen LogP contribution in [-0.2, 0) is 0 Å². The summed E-state index contributed by atoms with van der Waals surface area (Å²) in [6, 6.07) is 10.3. The van der Waals surface area contributed by atoms with Gasteiger partial charge in [-0.3, -0.25) is 9.69 Å². The SMILES string of the molecule is CCN(CC)CCN(C(=O)c1ccccc1F)c1nc2cc(C)c(C)cc2s1. The number of carbonyl (C=O) groups excluding carboxylic acids is 1. The minimum absolute atomic E-state index is 0.0775. The molecule has 0 spiro atoms. The van der Waals surface area contributed by atoms with E-state index >= 15 is 0 Å². The van der Waals surface area contributed by atoms with E-state index in [0.717, 1.165) is 23.3 Å². The minimum atomic E-state index is -0.506. The lowest BCUT2D eigenvalue weighted by atomic mass is 10.1. The summed E-state index contributed by atoms with van der Waals surface area (Å²) in [5, 5.41) is 0.611. The van der Waals surface area contributed by atoms with E-state index in [1.54, 1.807) is 17.0 Å². The predicted molar refractivity (Wildman–Crippen MR) is 115 cm³/mol. The molecule has 0 aliphatic carbocycles. The number of carbonyl (C=O) groups is 1. The van der Waals surface area contributed by atoms with Gasteiger partial charge in [0.15, 0.2) is 5.13 Å². The number of rotatable bonds is 7. The van der Waals surface area contributed by atoms with E-state index in [9.17, 15) is 9.18 Å². The molecule has 0 radical (unpaired) electrons. The molecule has 0 fully saturated rings. The van der Waals surface area contributed by atoms with Crippen molar-refractivity contribution >= 4 is 32.6 Å². The highest BCUT2D eigenvalue weighted by molar-refractivity contribution is 7.22. The van der Waals surface area contributed by atoms with Crippen molar-refractivity contribution in [2.24, 2.45) is 0 Å². The van der Waals surface area contributed by atoms with Gasteiger partial charge in [0, 0.05) is 13.1 Å². The Morgan fingerprint density at radius 1 is 1.07 bits per heavy atom. The zero-order chi connectivity index (χ0) is 20.3. The van der Waals surface area contributed by atoms with Gasteiger partial charge in [0.25, 0.3) is 5.91 Å². The molecule has 0 bridgehead atoms. The number of benzene rings is 2. The Balaban J connectivity index is 2.00. The number of likely N-dealkylation sites (N-methyl/N-ethyl adjacent to an activating group) is 1. The van der Waals surface area contributed by atoms with E-state index in [0.29, 0.717) is 18.2 Å². The summed E-state index contributed by atoms with van der Waals surface area (Å²) in [5.41, 5.74) is 3.31. The molecule has 4 nitrogen and oxygen atoms in total. The van der Waals surface area contributed by atoms with Gasteiger partial charge in [-0.1, -0.05) is 37.3 Å². The third kappa shape index (κ3) is 4.23. The highest BCUT2D eigenvalue weighted by atomic mass is 32.1. The highest BCUT2D eigenvalue weighted by Gasteiger charge is 2.24. The number of fused-ring (bicyclic) bond motifs is 1. The number of halogens is 1. The van der Waals surface area contributed by atoms with Crippen molar-refractivity contribution in [3.8, 4) is 0 Å². The monoisotopic (exact) mass is 399 g/mol. The number of anilines is 1. The fourth-order valence-corrected chi connectivity index (χ4v) is 4.20. The Morgan fingerprint density at radius 2 is 1.75 bits per heavy atom. The lowest BCUT2D eigenvalue weighted by Crippen LogP contribution is -2.39. The molecule has 1 aromatic heterocycles. The maximum Gasteiger partial charge on any atom is 0.263 e. The Bertz CT molecular complexity index is 942. The molecule has 0 saturated carbocycles. The molecule has 28 heavy (non-hydrogen) atoms. The second-order valence-electron chi connectivity index (χ2n) is 6.86. The van der Waals surface area contributed by atoms with Gasteiger partial charge in [0.05, 0.1) is 15.8 Å². The highest BCUT2D eigenvalue weighted by Crippen LogP contribution is 2.31. The Hall–Kier alpha value is -2.31.